The molecule has 0 heterocycles. The molecular formula is C19H23NO. The van der Waals surface area contributed by atoms with E-state index in [1.54, 1.807) is 0 Å². The van der Waals surface area contributed by atoms with Crippen LogP contribution in [0.5, 0.6) is 0 Å². The summed E-state index contributed by atoms with van der Waals surface area (Å²) in [4.78, 5) is 0. The number of nitrogens with two attached hydrogens (primary N) is 1. The Kier molecular flexibility index (Phi) is 4.37. The van der Waals surface area contributed by atoms with Gasteiger partial charge >= 0.3 is 0 Å². The van der Waals surface area contributed by atoms with Gasteiger partial charge in [-0.05, 0) is 42.9 Å². The second-order valence-corrected chi connectivity index (χ2v) is 5.91. The molecule has 2 N–H and O–H groups in total. The van der Waals surface area contributed by atoms with Crippen LogP contribution in [0.25, 0.3) is 0 Å². The minimum Gasteiger partial charge on any atom is -0.364 e. The first kappa shape index (κ1) is 14.3. The molecule has 2 aromatic rings. The third-order valence-electron chi connectivity index (χ3n) is 4.23. The molecule has 21 heavy (non-hydrogen) atoms. The predicted molar refractivity (Wildman–Crippen MR) is 86.0 cm³/mol. The van der Waals surface area contributed by atoms with Crippen LogP contribution < -0.4 is 5.73 Å². The van der Waals surface area contributed by atoms with Crippen LogP contribution in [0.4, 0.5) is 0 Å². The highest BCUT2D eigenvalue weighted by atomic mass is 16.5. The Morgan fingerprint density at radius 2 is 1.76 bits per heavy atom. The summed E-state index contributed by atoms with van der Waals surface area (Å²) in [7, 11) is 0. The molecule has 0 amide bonds. The lowest BCUT2D eigenvalue weighted by Crippen LogP contribution is -2.29. The maximum absolute atomic E-state index is 6.44. The van der Waals surface area contributed by atoms with Gasteiger partial charge in [-0.25, -0.2) is 0 Å². The zero-order valence-electron chi connectivity index (χ0n) is 12.5. The second kappa shape index (κ2) is 6.42. The molecule has 1 aliphatic rings. The molecule has 2 nitrogen and oxygen atoms in total. The van der Waals surface area contributed by atoms with Gasteiger partial charge in [0, 0.05) is 6.04 Å². The molecule has 2 heteroatoms. The summed E-state index contributed by atoms with van der Waals surface area (Å²) < 4.78 is 6.44. The van der Waals surface area contributed by atoms with Crippen LogP contribution in [0.15, 0.2) is 54.6 Å². The van der Waals surface area contributed by atoms with Crippen molar-refractivity contribution in [2.75, 3.05) is 0 Å². The Bertz CT molecular complexity index is 579. The smallest absolute Gasteiger partial charge is 0.0981 e. The number of fused-ring (bicyclic) bond motifs is 1. The molecule has 1 aliphatic carbocycles. The summed E-state index contributed by atoms with van der Waals surface area (Å²) in [6.45, 7) is 2.02. The van der Waals surface area contributed by atoms with E-state index in [2.05, 4.69) is 36.4 Å². The van der Waals surface area contributed by atoms with Crippen molar-refractivity contribution in [2.24, 2.45) is 5.73 Å². The standard InChI is InChI=1S/C19H23NO/c1-14(20)19(16-9-3-2-4-10-16)21-18-13-7-11-15-8-5-6-12-17(15)18/h2-6,8-10,12,14,18-19H,7,11,13,20H2,1H3. The van der Waals surface area contributed by atoms with Crippen molar-refractivity contribution < 1.29 is 4.74 Å². The minimum absolute atomic E-state index is 0.0264. The topological polar surface area (TPSA) is 35.2 Å². The Hall–Kier alpha value is -1.64. The first-order chi connectivity index (χ1) is 10.3. The molecule has 0 aliphatic heterocycles. The molecule has 0 saturated carbocycles. The summed E-state index contributed by atoms with van der Waals surface area (Å²) in [6, 6.07) is 18.9. The van der Waals surface area contributed by atoms with E-state index >= 15 is 0 Å². The average molecular weight is 281 g/mol. The molecule has 3 unspecified atom stereocenters. The van der Waals surface area contributed by atoms with Gasteiger partial charge in [-0.2, -0.15) is 0 Å². The molecular weight excluding hydrogens is 258 g/mol. The molecule has 0 radical (unpaired) electrons. The van der Waals surface area contributed by atoms with Crippen LogP contribution in [0, 0.1) is 0 Å². The SMILES string of the molecule is CC(N)C(OC1CCCc2ccccc21)c1ccccc1. The van der Waals surface area contributed by atoms with E-state index in [4.69, 9.17) is 10.5 Å². The van der Waals surface area contributed by atoms with Crippen LogP contribution in [0.1, 0.15) is 48.7 Å². The number of hydrogen-bond donors (Lipinski definition) is 1. The average Bonchev–Trinajstić information content (AvgIpc) is 2.53. The Morgan fingerprint density at radius 1 is 1.05 bits per heavy atom. The predicted octanol–water partition coefficient (Wildman–Crippen LogP) is 4.17. The molecule has 0 saturated heterocycles. The van der Waals surface area contributed by atoms with Crippen molar-refractivity contribution in [3.05, 3.63) is 71.3 Å². The summed E-state index contributed by atoms with van der Waals surface area (Å²) in [5.41, 5.74) is 10.1. The van der Waals surface area contributed by atoms with Gasteiger partial charge < -0.3 is 10.5 Å². The van der Waals surface area contributed by atoms with Gasteiger partial charge in [0.1, 0.15) is 0 Å². The van der Waals surface area contributed by atoms with Crippen molar-refractivity contribution in [3.63, 3.8) is 0 Å². The molecule has 3 rings (SSSR count). The molecule has 0 aromatic heterocycles. The first-order valence-electron chi connectivity index (χ1n) is 7.79. The van der Waals surface area contributed by atoms with Crippen LogP contribution in [-0.2, 0) is 11.2 Å². The van der Waals surface area contributed by atoms with Gasteiger partial charge in [-0.15, -0.1) is 0 Å². The number of aryl methyl sites for hydroxylation is 1. The van der Waals surface area contributed by atoms with E-state index in [-0.39, 0.29) is 18.2 Å². The lowest BCUT2D eigenvalue weighted by atomic mass is 9.89. The van der Waals surface area contributed by atoms with E-state index in [1.807, 2.05) is 25.1 Å². The summed E-state index contributed by atoms with van der Waals surface area (Å²) in [6.07, 6.45) is 3.52. The fourth-order valence-corrected chi connectivity index (χ4v) is 3.18. The van der Waals surface area contributed by atoms with Crippen molar-refractivity contribution in [3.8, 4) is 0 Å². The van der Waals surface area contributed by atoms with Gasteiger partial charge in [0.2, 0.25) is 0 Å². The maximum atomic E-state index is 6.44. The fraction of sp³-hybridized carbons (Fsp3) is 0.368. The van der Waals surface area contributed by atoms with Crippen LogP contribution in [0.3, 0.4) is 0 Å². The Balaban J connectivity index is 1.85. The van der Waals surface area contributed by atoms with Gasteiger partial charge in [-0.1, -0.05) is 54.6 Å². The molecule has 0 bridgehead atoms. The van der Waals surface area contributed by atoms with E-state index < -0.39 is 0 Å². The van der Waals surface area contributed by atoms with Gasteiger partial charge in [-0.3, -0.25) is 0 Å². The zero-order valence-corrected chi connectivity index (χ0v) is 12.5. The molecule has 2 aromatic carbocycles. The lowest BCUT2D eigenvalue weighted by molar-refractivity contribution is -0.0339. The van der Waals surface area contributed by atoms with Crippen LogP contribution in [0.2, 0.25) is 0 Å². The van der Waals surface area contributed by atoms with Crippen molar-refractivity contribution in [2.45, 2.75) is 44.4 Å². The quantitative estimate of drug-likeness (QED) is 0.913. The molecule has 110 valence electrons. The number of ether oxygens (including phenoxy) is 1. The maximum Gasteiger partial charge on any atom is 0.0981 e. The number of benzene rings is 2. The van der Waals surface area contributed by atoms with E-state index in [1.165, 1.54) is 17.5 Å². The van der Waals surface area contributed by atoms with Crippen molar-refractivity contribution >= 4 is 0 Å². The normalized spacial score (nSPS) is 20.6. The fourth-order valence-electron chi connectivity index (χ4n) is 3.18. The van der Waals surface area contributed by atoms with E-state index in [0.717, 1.165) is 18.4 Å². The first-order valence-corrected chi connectivity index (χ1v) is 7.79. The number of hydrogen-bond acceptors (Lipinski definition) is 2. The molecule has 0 fully saturated rings. The monoisotopic (exact) mass is 281 g/mol. The van der Waals surface area contributed by atoms with Gasteiger partial charge in [0.15, 0.2) is 0 Å². The Morgan fingerprint density at radius 3 is 2.52 bits per heavy atom. The summed E-state index contributed by atoms with van der Waals surface area (Å²) >= 11 is 0. The highest BCUT2D eigenvalue weighted by Gasteiger charge is 2.26. The van der Waals surface area contributed by atoms with E-state index in [0.29, 0.717) is 0 Å². The minimum atomic E-state index is -0.0534. The third kappa shape index (κ3) is 3.17. The van der Waals surface area contributed by atoms with Crippen LogP contribution in [-0.4, -0.2) is 6.04 Å². The lowest BCUT2D eigenvalue weighted by Gasteiger charge is -2.31. The van der Waals surface area contributed by atoms with Crippen molar-refractivity contribution in [1.29, 1.82) is 0 Å². The summed E-state index contributed by atoms with van der Waals surface area (Å²) in [5, 5.41) is 0. The summed E-state index contributed by atoms with van der Waals surface area (Å²) in [5.74, 6) is 0. The van der Waals surface area contributed by atoms with Gasteiger partial charge in [0.05, 0.1) is 12.2 Å². The Labute approximate surface area is 126 Å². The van der Waals surface area contributed by atoms with Crippen LogP contribution >= 0.6 is 0 Å². The second-order valence-electron chi connectivity index (χ2n) is 5.91. The van der Waals surface area contributed by atoms with Gasteiger partial charge in [0.25, 0.3) is 0 Å². The molecule has 0 spiro atoms. The van der Waals surface area contributed by atoms with Crippen molar-refractivity contribution in [1.82, 2.24) is 0 Å². The van der Waals surface area contributed by atoms with E-state index in [9.17, 15) is 0 Å². The zero-order chi connectivity index (χ0) is 14.7. The highest BCUT2D eigenvalue weighted by molar-refractivity contribution is 5.31. The molecule has 3 atom stereocenters. The number of rotatable bonds is 4. The highest BCUT2D eigenvalue weighted by Crippen LogP contribution is 2.36. The largest absolute Gasteiger partial charge is 0.364 e. The third-order valence-corrected chi connectivity index (χ3v) is 4.23.